The Morgan fingerprint density at radius 3 is 2.81 bits per heavy atom. The molecule has 0 bridgehead atoms. The maximum Gasteiger partial charge on any atom is 0.270 e. The number of nitrogens with zero attached hydrogens (tertiary/aromatic N) is 1. The zero-order chi connectivity index (χ0) is 15.2. The lowest BCUT2D eigenvalue weighted by Gasteiger charge is -2.08. The number of benzene rings is 1. The van der Waals surface area contributed by atoms with Crippen molar-refractivity contribution >= 4 is 28.9 Å². The number of pyridine rings is 1. The molecule has 0 aliphatic rings. The Labute approximate surface area is 126 Å². The Hall–Kier alpha value is -2.40. The summed E-state index contributed by atoms with van der Waals surface area (Å²) in [7, 11) is 0. The first kappa shape index (κ1) is 15.0. The van der Waals surface area contributed by atoms with Crippen LogP contribution in [0.25, 0.3) is 0 Å². The fourth-order valence-corrected chi connectivity index (χ4v) is 1.81. The minimum Gasteiger partial charge on any atom is -0.355 e. The van der Waals surface area contributed by atoms with E-state index < -0.39 is 5.82 Å². The molecule has 1 amide bonds. The van der Waals surface area contributed by atoms with E-state index in [1.807, 2.05) is 0 Å². The van der Waals surface area contributed by atoms with Crippen molar-refractivity contribution in [2.75, 3.05) is 11.9 Å². The highest BCUT2D eigenvalue weighted by Gasteiger charge is 2.07. The number of amides is 1. The number of hydrogen-bond donors (Lipinski definition) is 2. The Kier molecular flexibility index (Phi) is 4.90. The van der Waals surface area contributed by atoms with Crippen LogP contribution in [-0.2, 0) is 0 Å². The van der Waals surface area contributed by atoms with Crippen LogP contribution in [0.1, 0.15) is 10.5 Å². The van der Waals surface area contributed by atoms with Crippen molar-refractivity contribution < 1.29 is 9.18 Å². The highest BCUT2D eigenvalue weighted by molar-refractivity contribution is 6.31. The topological polar surface area (TPSA) is 54.0 Å². The van der Waals surface area contributed by atoms with Crippen molar-refractivity contribution in [3.8, 4) is 0 Å². The summed E-state index contributed by atoms with van der Waals surface area (Å²) < 4.78 is 13.1. The van der Waals surface area contributed by atoms with Crippen molar-refractivity contribution in [2.24, 2.45) is 0 Å². The molecule has 4 nitrogen and oxygen atoms in total. The maximum atomic E-state index is 13.1. The van der Waals surface area contributed by atoms with Gasteiger partial charge in [-0.1, -0.05) is 17.7 Å². The number of anilines is 2. The van der Waals surface area contributed by atoms with Crippen LogP contribution in [0.2, 0.25) is 5.02 Å². The van der Waals surface area contributed by atoms with E-state index in [0.717, 1.165) is 0 Å². The molecule has 2 rings (SSSR count). The van der Waals surface area contributed by atoms with E-state index >= 15 is 0 Å². The van der Waals surface area contributed by atoms with Crippen molar-refractivity contribution in [1.29, 1.82) is 0 Å². The van der Waals surface area contributed by atoms with Gasteiger partial charge in [0.25, 0.3) is 5.91 Å². The van der Waals surface area contributed by atoms with Gasteiger partial charge in [-0.25, -0.2) is 4.39 Å². The van der Waals surface area contributed by atoms with Gasteiger partial charge in [0.05, 0.1) is 5.02 Å². The molecule has 108 valence electrons. The van der Waals surface area contributed by atoms with E-state index in [-0.39, 0.29) is 16.6 Å². The van der Waals surface area contributed by atoms with Crippen molar-refractivity contribution in [3.05, 3.63) is 65.7 Å². The molecular weight excluding hydrogens is 293 g/mol. The Balaban J connectivity index is 2.15. The van der Waals surface area contributed by atoms with Crippen LogP contribution < -0.4 is 10.6 Å². The van der Waals surface area contributed by atoms with Crippen molar-refractivity contribution in [2.45, 2.75) is 0 Å². The van der Waals surface area contributed by atoms with Gasteiger partial charge in [-0.15, -0.1) is 6.58 Å². The summed E-state index contributed by atoms with van der Waals surface area (Å²) in [6, 6.07) is 7.58. The van der Waals surface area contributed by atoms with E-state index in [1.54, 1.807) is 24.3 Å². The van der Waals surface area contributed by atoms with Crippen molar-refractivity contribution in [1.82, 2.24) is 10.3 Å². The number of hydrogen-bond acceptors (Lipinski definition) is 3. The fourth-order valence-electron chi connectivity index (χ4n) is 1.63. The lowest BCUT2D eigenvalue weighted by Crippen LogP contribution is -2.24. The predicted octanol–water partition coefficient (Wildman–Crippen LogP) is 3.53. The van der Waals surface area contributed by atoms with Gasteiger partial charge in [0.1, 0.15) is 11.5 Å². The second-order valence-electron chi connectivity index (χ2n) is 4.18. The highest BCUT2D eigenvalue weighted by Crippen LogP contribution is 2.22. The fraction of sp³-hybridized carbons (Fsp3) is 0.0667. The molecule has 1 heterocycles. The first-order valence-corrected chi connectivity index (χ1v) is 6.55. The van der Waals surface area contributed by atoms with Gasteiger partial charge in [-0.2, -0.15) is 0 Å². The molecule has 0 spiro atoms. The van der Waals surface area contributed by atoms with Crippen LogP contribution >= 0.6 is 11.6 Å². The van der Waals surface area contributed by atoms with Crippen LogP contribution in [0.15, 0.2) is 49.2 Å². The summed E-state index contributed by atoms with van der Waals surface area (Å²) in [5.41, 5.74) is 1.54. The number of halogens is 2. The number of aromatic nitrogens is 1. The molecule has 0 fully saturated rings. The average Bonchev–Trinajstić information content (AvgIpc) is 2.49. The standard InChI is InChI=1S/C15H13ClFN3O/c1-2-6-19-15(21)14-9-11(5-7-18-14)20-10-3-4-13(17)12(16)8-10/h2-5,7-9H,1,6H2,(H,18,20)(H,19,21). The normalized spacial score (nSPS) is 10.0. The quantitative estimate of drug-likeness (QED) is 0.831. The van der Waals surface area contributed by atoms with Gasteiger partial charge in [0, 0.05) is 24.1 Å². The SMILES string of the molecule is C=CCNC(=O)c1cc(Nc2ccc(F)c(Cl)c2)ccn1. The lowest BCUT2D eigenvalue weighted by molar-refractivity contribution is 0.0953. The summed E-state index contributed by atoms with van der Waals surface area (Å²) in [5, 5.41) is 5.70. The van der Waals surface area contributed by atoms with Gasteiger partial charge < -0.3 is 10.6 Å². The average molecular weight is 306 g/mol. The summed E-state index contributed by atoms with van der Waals surface area (Å²) >= 11 is 5.72. The zero-order valence-corrected chi connectivity index (χ0v) is 11.8. The maximum absolute atomic E-state index is 13.1. The summed E-state index contributed by atoms with van der Waals surface area (Å²) in [6.45, 7) is 3.89. The first-order valence-electron chi connectivity index (χ1n) is 6.17. The van der Waals surface area contributed by atoms with Crippen LogP contribution in [0.5, 0.6) is 0 Å². The molecule has 6 heteroatoms. The van der Waals surface area contributed by atoms with Gasteiger partial charge in [-0.05, 0) is 30.3 Å². The second-order valence-corrected chi connectivity index (χ2v) is 4.59. The van der Waals surface area contributed by atoms with Gasteiger partial charge in [-0.3, -0.25) is 9.78 Å². The summed E-state index contributed by atoms with van der Waals surface area (Å²) in [5.74, 6) is -0.780. The molecule has 0 aliphatic heterocycles. The molecule has 2 aromatic rings. The molecule has 0 saturated carbocycles. The van der Waals surface area contributed by atoms with Gasteiger partial charge in [0.2, 0.25) is 0 Å². The number of nitrogens with one attached hydrogen (secondary N) is 2. The van der Waals surface area contributed by atoms with E-state index in [0.29, 0.717) is 17.9 Å². The highest BCUT2D eigenvalue weighted by atomic mass is 35.5. The molecule has 21 heavy (non-hydrogen) atoms. The molecule has 0 aliphatic carbocycles. The van der Waals surface area contributed by atoms with E-state index in [1.165, 1.54) is 18.3 Å². The van der Waals surface area contributed by atoms with Crippen LogP contribution in [0, 0.1) is 5.82 Å². The number of carbonyl (C=O) groups is 1. The predicted molar refractivity (Wildman–Crippen MR) is 81.5 cm³/mol. The first-order chi connectivity index (χ1) is 10.1. The third-order valence-electron chi connectivity index (χ3n) is 2.61. The Morgan fingerprint density at radius 1 is 1.33 bits per heavy atom. The molecule has 1 aromatic carbocycles. The summed E-state index contributed by atoms with van der Waals surface area (Å²) in [6.07, 6.45) is 3.09. The zero-order valence-electron chi connectivity index (χ0n) is 11.1. The summed E-state index contributed by atoms with van der Waals surface area (Å²) in [4.78, 5) is 15.8. The lowest BCUT2D eigenvalue weighted by atomic mass is 10.2. The van der Waals surface area contributed by atoms with Crippen LogP contribution in [0.4, 0.5) is 15.8 Å². The molecular formula is C15H13ClFN3O. The van der Waals surface area contributed by atoms with Crippen LogP contribution in [0.3, 0.4) is 0 Å². The third kappa shape index (κ3) is 4.03. The van der Waals surface area contributed by atoms with Crippen LogP contribution in [-0.4, -0.2) is 17.4 Å². The molecule has 1 aromatic heterocycles. The molecule has 0 saturated heterocycles. The van der Waals surface area contributed by atoms with E-state index in [2.05, 4.69) is 22.2 Å². The van der Waals surface area contributed by atoms with Gasteiger partial charge >= 0.3 is 0 Å². The molecule has 0 radical (unpaired) electrons. The van der Waals surface area contributed by atoms with Gasteiger partial charge in [0.15, 0.2) is 0 Å². The number of rotatable bonds is 5. The Morgan fingerprint density at radius 2 is 2.10 bits per heavy atom. The monoisotopic (exact) mass is 305 g/mol. The van der Waals surface area contributed by atoms with Crippen molar-refractivity contribution in [3.63, 3.8) is 0 Å². The molecule has 0 atom stereocenters. The largest absolute Gasteiger partial charge is 0.355 e. The smallest absolute Gasteiger partial charge is 0.270 e. The molecule has 0 unspecified atom stereocenters. The second kappa shape index (κ2) is 6.85. The number of carbonyl (C=O) groups excluding carboxylic acids is 1. The Bertz CT molecular complexity index is 676. The molecule has 2 N–H and O–H groups in total. The minimum atomic E-state index is -0.485. The van der Waals surface area contributed by atoms with E-state index in [4.69, 9.17) is 11.6 Å². The third-order valence-corrected chi connectivity index (χ3v) is 2.90. The minimum absolute atomic E-state index is 0.0259. The van der Waals surface area contributed by atoms with E-state index in [9.17, 15) is 9.18 Å².